The van der Waals surface area contributed by atoms with Gasteiger partial charge in [-0.2, -0.15) is 0 Å². The third kappa shape index (κ3) is 2.61. The van der Waals surface area contributed by atoms with E-state index < -0.39 is 11.5 Å². The van der Waals surface area contributed by atoms with Crippen LogP contribution in [0.4, 0.5) is 4.79 Å². The molecule has 2 atom stereocenters. The molecule has 2 saturated heterocycles. The largest absolute Gasteiger partial charge is 0.480 e. The summed E-state index contributed by atoms with van der Waals surface area (Å²) in [5, 5.41) is 9.41. The zero-order chi connectivity index (χ0) is 14.9. The fourth-order valence-electron chi connectivity index (χ4n) is 3.21. The molecule has 0 bridgehead atoms. The third-order valence-electron chi connectivity index (χ3n) is 4.73. The van der Waals surface area contributed by atoms with Gasteiger partial charge in [0, 0.05) is 25.7 Å². The van der Waals surface area contributed by atoms with Crippen molar-refractivity contribution < 1.29 is 14.7 Å². The van der Waals surface area contributed by atoms with E-state index in [1.54, 1.807) is 11.8 Å². The Labute approximate surface area is 120 Å². The number of nitrogens with zero attached hydrogens (tertiary/aromatic N) is 3. The maximum absolute atomic E-state index is 12.7. The first-order valence-corrected chi connectivity index (χ1v) is 7.32. The van der Waals surface area contributed by atoms with Crippen molar-refractivity contribution in [1.29, 1.82) is 0 Å². The molecule has 1 N–H and O–H groups in total. The summed E-state index contributed by atoms with van der Waals surface area (Å²) in [6.45, 7) is 3.63. The van der Waals surface area contributed by atoms with Crippen LogP contribution >= 0.6 is 0 Å². The minimum absolute atomic E-state index is 0.112. The highest BCUT2D eigenvalue weighted by Crippen LogP contribution is 2.31. The number of piperidine rings is 1. The number of amides is 2. The predicted octanol–water partition coefficient (Wildman–Crippen LogP) is 1.07. The molecule has 2 heterocycles. The minimum atomic E-state index is -1.04. The molecule has 2 fully saturated rings. The van der Waals surface area contributed by atoms with Crippen LogP contribution in [0.5, 0.6) is 0 Å². The smallest absolute Gasteiger partial charge is 0.329 e. The van der Waals surface area contributed by atoms with Gasteiger partial charge in [0.1, 0.15) is 5.54 Å². The van der Waals surface area contributed by atoms with E-state index in [2.05, 4.69) is 4.90 Å². The van der Waals surface area contributed by atoms with Crippen LogP contribution in [0.25, 0.3) is 0 Å². The Hall–Kier alpha value is -1.30. The Morgan fingerprint density at radius 1 is 1.25 bits per heavy atom. The molecule has 0 aliphatic carbocycles. The molecule has 2 amide bonds. The van der Waals surface area contributed by atoms with Crippen molar-refractivity contribution in [2.75, 3.05) is 33.7 Å². The van der Waals surface area contributed by atoms with Gasteiger partial charge in [0.15, 0.2) is 0 Å². The molecule has 2 unspecified atom stereocenters. The normalized spacial score (nSPS) is 30.9. The molecule has 0 spiro atoms. The highest BCUT2D eigenvalue weighted by molar-refractivity contribution is 5.86. The van der Waals surface area contributed by atoms with Gasteiger partial charge in [-0.1, -0.05) is 0 Å². The van der Waals surface area contributed by atoms with Crippen LogP contribution in [-0.2, 0) is 4.79 Å². The molecule has 2 aliphatic rings. The number of aliphatic carboxylic acids is 1. The maximum Gasteiger partial charge on any atom is 0.329 e. The predicted molar refractivity (Wildman–Crippen MR) is 75.7 cm³/mol. The number of carboxylic acid groups (broad SMARTS) is 1. The monoisotopic (exact) mass is 283 g/mol. The molecule has 114 valence electrons. The molecular weight excluding hydrogens is 258 g/mol. The first kappa shape index (κ1) is 15.1. The van der Waals surface area contributed by atoms with Crippen LogP contribution in [0, 0.1) is 0 Å². The number of likely N-dealkylation sites (N-methyl/N-ethyl adjacent to an activating group) is 1. The lowest BCUT2D eigenvalue weighted by molar-refractivity contribution is -0.147. The molecular formula is C14H25N3O3. The fraction of sp³-hybridized carbons (Fsp3) is 0.857. The fourth-order valence-corrected chi connectivity index (χ4v) is 3.21. The Morgan fingerprint density at radius 3 is 2.55 bits per heavy atom. The average Bonchev–Trinajstić information content (AvgIpc) is 2.81. The molecule has 0 aromatic rings. The molecule has 0 aromatic heterocycles. The summed E-state index contributed by atoms with van der Waals surface area (Å²) in [6, 6.07) is 0.255. The van der Waals surface area contributed by atoms with Gasteiger partial charge in [-0.3, -0.25) is 0 Å². The molecule has 0 aromatic carbocycles. The van der Waals surface area contributed by atoms with E-state index in [-0.39, 0.29) is 6.03 Å². The van der Waals surface area contributed by atoms with E-state index in [9.17, 15) is 14.7 Å². The Balaban J connectivity index is 2.09. The Kier molecular flexibility index (Phi) is 4.22. The Bertz CT molecular complexity index is 399. The quantitative estimate of drug-likeness (QED) is 0.823. The van der Waals surface area contributed by atoms with Gasteiger partial charge in [-0.05, 0) is 46.7 Å². The molecule has 6 nitrogen and oxygen atoms in total. The molecule has 20 heavy (non-hydrogen) atoms. The van der Waals surface area contributed by atoms with E-state index in [1.165, 1.54) is 0 Å². The average molecular weight is 283 g/mol. The van der Waals surface area contributed by atoms with Crippen LogP contribution in [0.2, 0.25) is 0 Å². The topological polar surface area (TPSA) is 64.1 Å². The number of rotatable bonds is 2. The number of hydrogen-bond donors (Lipinski definition) is 1. The van der Waals surface area contributed by atoms with Gasteiger partial charge in [0.05, 0.1) is 0 Å². The second-order valence-corrected chi connectivity index (χ2v) is 6.32. The van der Waals surface area contributed by atoms with Crippen LogP contribution in [0.3, 0.4) is 0 Å². The number of carboxylic acids is 1. The number of hydrogen-bond acceptors (Lipinski definition) is 3. The van der Waals surface area contributed by atoms with Gasteiger partial charge in [-0.15, -0.1) is 0 Å². The summed E-state index contributed by atoms with van der Waals surface area (Å²) in [7, 11) is 4.05. The number of carbonyl (C=O) groups excluding carboxylic acids is 1. The summed E-state index contributed by atoms with van der Waals surface area (Å²) in [5.74, 6) is -0.899. The zero-order valence-electron chi connectivity index (χ0n) is 12.6. The summed E-state index contributed by atoms with van der Waals surface area (Å²) in [5.41, 5.74) is -1.04. The molecule has 6 heteroatoms. The molecule has 2 aliphatic heterocycles. The van der Waals surface area contributed by atoms with Gasteiger partial charge < -0.3 is 19.8 Å². The summed E-state index contributed by atoms with van der Waals surface area (Å²) in [4.78, 5) is 29.6. The van der Waals surface area contributed by atoms with Gasteiger partial charge in [0.2, 0.25) is 0 Å². The Morgan fingerprint density at radius 2 is 1.95 bits per heavy atom. The lowest BCUT2D eigenvalue weighted by Crippen LogP contribution is -2.58. The van der Waals surface area contributed by atoms with Gasteiger partial charge in [0.25, 0.3) is 0 Å². The van der Waals surface area contributed by atoms with E-state index in [0.29, 0.717) is 25.6 Å². The summed E-state index contributed by atoms with van der Waals surface area (Å²) in [6.07, 6.45) is 3.37. The van der Waals surface area contributed by atoms with Crippen LogP contribution in [0.15, 0.2) is 0 Å². The highest BCUT2D eigenvalue weighted by atomic mass is 16.4. The van der Waals surface area contributed by atoms with E-state index in [0.717, 1.165) is 25.8 Å². The van der Waals surface area contributed by atoms with Gasteiger partial charge >= 0.3 is 12.0 Å². The number of carbonyl (C=O) groups is 2. The molecule has 0 radical (unpaired) electrons. The van der Waals surface area contributed by atoms with E-state index in [1.807, 2.05) is 19.0 Å². The van der Waals surface area contributed by atoms with Crippen LogP contribution in [-0.4, -0.2) is 77.1 Å². The first-order chi connectivity index (χ1) is 9.36. The van der Waals surface area contributed by atoms with Crippen molar-refractivity contribution in [3.05, 3.63) is 0 Å². The number of likely N-dealkylation sites (tertiary alicyclic amines) is 2. The number of urea groups is 1. The summed E-state index contributed by atoms with van der Waals surface area (Å²) >= 11 is 0. The van der Waals surface area contributed by atoms with Crippen LogP contribution < -0.4 is 0 Å². The van der Waals surface area contributed by atoms with Crippen molar-refractivity contribution in [1.82, 2.24) is 14.7 Å². The molecule has 0 saturated carbocycles. The van der Waals surface area contributed by atoms with Crippen molar-refractivity contribution >= 4 is 12.0 Å². The lowest BCUT2D eigenvalue weighted by atomic mass is 9.99. The third-order valence-corrected chi connectivity index (χ3v) is 4.73. The second kappa shape index (κ2) is 5.60. The second-order valence-electron chi connectivity index (χ2n) is 6.32. The van der Waals surface area contributed by atoms with Crippen molar-refractivity contribution in [2.24, 2.45) is 0 Å². The minimum Gasteiger partial charge on any atom is -0.480 e. The summed E-state index contributed by atoms with van der Waals surface area (Å²) < 4.78 is 0. The van der Waals surface area contributed by atoms with Crippen molar-refractivity contribution in [3.8, 4) is 0 Å². The van der Waals surface area contributed by atoms with E-state index >= 15 is 0 Å². The van der Waals surface area contributed by atoms with Crippen molar-refractivity contribution in [2.45, 2.75) is 44.2 Å². The highest BCUT2D eigenvalue weighted by Gasteiger charge is 2.47. The first-order valence-electron chi connectivity index (χ1n) is 7.32. The van der Waals surface area contributed by atoms with Crippen molar-refractivity contribution in [3.63, 3.8) is 0 Å². The van der Waals surface area contributed by atoms with E-state index in [4.69, 9.17) is 0 Å². The van der Waals surface area contributed by atoms with Crippen LogP contribution in [0.1, 0.15) is 32.6 Å². The lowest BCUT2D eigenvalue weighted by Gasteiger charge is -2.40. The standard InChI is InChI=1S/C14H25N3O3/c1-14(12(18)19)7-5-9-17(14)13(20)16-8-4-6-11(10-16)15(2)3/h11H,4-10H2,1-3H3,(H,18,19). The zero-order valence-corrected chi connectivity index (χ0v) is 12.6. The van der Waals surface area contributed by atoms with Gasteiger partial charge in [-0.25, -0.2) is 9.59 Å². The maximum atomic E-state index is 12.7. The SMILES string of the molecule is CN(C)C1CCCN(C(=O)N2CCCC2(C)C(=O)O)C1. The molecule has 2 rings (SSSR count).